The van der Waals surface area contributed by atoms with Gasteiger partial charge in [0.1, 0.15) is 0 Å². The quantitative estimate of drug-likeness (QED) is 0.178. The zero-order valence-electron chi connectivity index (χ0n) is 19.8. The molecule has 5 rings (SSSR count). The normalized spacial score (nSPS) is 27.8. The Labute approximate surface area is 203 Å². The van der Waals surface area contributed by atoms with Crippen LogP contribution in [-0.4, -0.2) is 53.1 Å². The molecule has 4 fully saturated rings. The number of hydrogen-bond acceptors (Lipinski definition) is 4. The second-order valence-corrected chi connectivity index (χ2v) is 11.7. The Hall–Kier alpha value is -1.77. The maximum absolute atomic E-state index is 10.9. The van der Waals surface area contributed by atoms with Crippen molar-refractivity contribution < 1.29 is 24.1 Å². The van der Waals surface area contributed by atoms with Crippen molar-refractivity contribution in [2.75, 3.05) is 27.1 Å². The molecule has 178 valence electrons. The zero-order chi connectivity index (χ0) is 23.4. The van der Waals surface area contributed by atoms with Gasteiger partial charge < -0.3 is 0 Å². The monoisotopic (exact) mass is 518 g/mol. The molecule has 1 aromatic carbocycles. The first-order valence-corrected chi connectivity index (χ1v) is 13.5. The molecule has 0 aliphatic heterocycles. The second kappa shape index (κ2) is 10.7. The SMILES string of the molecule is COCCOCOc1cc(C)c([Se]C#C/C(C)=C/C(=O)O)cc1C12CC3CC(CC(C3)C1)C2. The van der Waals surface area contributed by atoms with E-state index in [0.717, 1.165) is 29.6 Å². The van der Waals surface area contributed by atoms with Crippen molar-refractivity contribution in [1.29, 1.82) is 0 Å². The molecule has 0 heterocycles. The fourth-order valence-electron chi connectivity index (χ4n) is 6.43. The molecule has 0 amide bonds. The minimum atomic E-state index is -0.955. The number of aryl methyl sites for hydroxylation is 1. The molecular formula is C27H34O5Se. The van der Waals surface area contributed by atoms with Crippen LogP contribution in [0.4, 0.5) is 0 Å². The summed E-state index contributed by atoms with van der Waals surface area (Å²) in [7, 11) is 1.67. The average Bonchev–Trinajstić information content (AvgIpc) is 2.73. The summed E-state index contributed by atoms with van der Waals surface area (Å²) in [5.41, 5.74) is 3.31. The number of rotatable bonds is 9. The summed E-state index contributed by atoms with van der Waals surface area (Å²) in [5.74, 6) is 5.56. The number of benzene rings is 1. The Kier molecular flexibility index (Phi) is 7.87. The molecule has 1 N–H and O–H groups in total. The van der Waals surface area contributed by atoms with Crippen molar-refractivity contribution in [3.05, 3.63) is 34.9 Å². The number of aliphatic carboxylic acids is 1. The van der Waals surface area contributed by atoms with Crippen LogP contribution in [0, 0.1) is 35.4 Å². The summed E-state index contributed by atoms with van der Waals surface area (Å²) in [6.45, 7) is 5.15. The van der Waals surface area contributed by atoms with Gasteiger partial charge >= 0.3 is 204 Å². The predicted octanol–water partition coefficient (Wildman–Crippen LogP) is 3.78. The van der Waals surface area contributed by atoms with Crippen molar-refractivity contribution in [2.24, 2.45) is 17.8 Å². The third-order valence-electron chi connectivity index (χ3n) is 7.37. The van der Waals surface area contributed by atoms with Crippen LogP contribution >= 0.6 is 0 Å². The first kappa shape index (κ1) is 24.4. The molecule has 4 saturated carbocycles. The third-order valence-corrected chi connectivity index (χ3v) is 9.18. The Morgan fingerprint density at radius 1 is 1.18 bits per heavy atom. The fourth-order valence-corrected chi connectivity index (χ4v) is 7.94. The van der Waals surface area contributed by atoms with Crippen LogP contribution in [0.3, 0.4) is 0 Å². The Balaban J connectivity index is 1.61. The molecule has 0 unspecified atom stereocenters. The van der Waals surface area contributed by atoms with Crippen LogP contribution in [0.2, 0.25) is 0 Å². The molecule has 1 aromatic rings. The van der Waals surface area contributed by atoms with Crippen LogP contribution < -0.4 is 9.20 Å². The van der Waals surface area contributed by atoms with E-state index in [1.54, 1.807) is 14.0 Å². The Bertz CT molecular complexity index is 935. The van der Waals surface area contributed by atoms with Crippen LogP contribution in [0.25, 0.3) is 0 Å². The summed E-state index contributed by atoms with van der Waals surface area (Å²) in [5, 5.41) is 8.91. The molecule has 6 heteroatoms. The van der Waals surface area contributed by atoms with Crippen molar-refractivity contribution in [1.82, 2.24) is 0 Å². The van der Waals surface area contributed by atoms with E-state index in [-0.39, 0.29) is 27.2 Å². The molecule has 0 aromatic heterocycles. The number of carboxylic acids is 1. The van der Waals surface area contributed by atoms with Gasteiger partial charge in [-0.2, -0.15) is 0 Å². The van der Waals surface area contributed by atoms with Crippen LogP contribution in [0.1, 0.15) is 56.6 Å². The molecule has 0 atom stereocenters. The van der Waals surface area contributed by atoms with Gasteiger partial charge in [0, 0.05) is 0 Å². The number of ether oxygens (including phenoxy) is 3. The van der Waals surface area contributed by atoms with E-state index in [1.807, 2.05) is 0 Å². The first-order valence-electron chi connectivity index (χ1n) is 11.8. The van der Waals surface area contributed by atoms with Gasteiger partial charge in [0.05, 0.1) is 0 Å². The maximum atomic E-state index is 10.9. The van der Waals surface area contributed by atoms with Crippen molar-refractivity contribution in [3.63, 3.8) is 0 Å². The molecule has 4 aliphatic rings. The molecule has 0 saturated heterocycles. The molecule has 5 nitrogen and oxygen atoms in total. The van der Waals surface area contributed by atoms with E-state index >= 15 is 0 Å². The molecule has 4 aliphatic carbocycles. The Morgan fingerprint density at radius 3 is 2.45 bits per heavy atom. The van der Waals surface area contributed by atoms with Crippen LogP contribution in [0.15, 0.2) is 23.8 Å². The van der Waals surface area contributed by atoms with Gasteiger partial charge in [0.15, 0.2) is 0 Å². The number of carboxylic acid groups (broad SMARTS) is 1. The zero-order valence-corrected chi connectivity index (χ0v) is 21.5. The summed E-state index contributed by atoms with van der Waals surface area (Å²) in [4.78, 5) is 14.1. The van der Waals surface area contributed by atoms with Crippen molar-refractivity contribution in [3.8, 4) is 16.5 Å². The van der Waals surface area contributed by atoms with E-state index in [4.69, 9.17) is 19.3 Å². The summed E-state index contributed by atoms with van der Waals surface area (Å²) < 4.78 is 18.2. The van der Waals surface area contributed by atoms with Gasteiger partial charge in [-0.1, -0.05) is 0 Å². The predicted molar refractivity (Wildman–Crippen MR) is 129 cm³/mol. The second-order valence-electron chi connectivity index (χ2n) is 9.97. The molecule has 0 spiro atoms. The summed E-state index contributed by atoms with van der Waals surface area (Å²) in [6, 6.07) is 4.53. The molecule has 4 bridgehead atoms. The number of allylic oxidation sites excluding steroid dienone is 1. The first-order chi connectivity index (χ1) is 15.9. The van der Waals surface area contributed by atoms with Crippen LogP contribution in [-0.2, 0) is 19.7 Å². The van der Waals surface area contributed by atoms with E-state index in [9.17, 15) is 4.79 Å². The summed E-state index contributed by atoms with van der Waals surface area (Å²) >= 11 is -0.0533. The van der Waals surface area contributed by atoms with Gasteiger partial charge in [0.2, 0.25) is 0 Å². The number of carbonyl (C=O) groups is 1. The number of hydrogen-bond donors (Lipinski definition) is 1. The Morgan fingerprint density at radius 2 is 1.85 bits per heavy atom. The van der Waals surface area contributed by atoms with Gasteiger partial charge in [-0.25, -0.2) is 0 Å². The van der Waals surface area contributed by atoms with E-state index in [1.165, 1.54) is 54.1 Å². The molecular weight excluding hydrogens is 483 g/mol. The topological polar surface area (TPSA) is 65.0 Å². The van der Waals surface area contributed by atoms with Gasteiger partial charge in [-0.05, 0) is 0 Å². The molecule has 0 radical (unpaired) electrons. The average molecular weight is 518 g/mol. The van der Waals surface area contributed by atoms with Gasteiger partial charge in [0.25, 0.3) is 0 Å². The van der Waals surface area contributed by atoms with E-state index < -0.39 is 5.97 Å². The number of methoxy groups -OCH3 is 1. The standard InChI is InChI=1S/C27H34O5Se/c1-18(8-26(28)29)4-7-33-25-13-23(24(9-19(25)2)32-17-31-6-5-30-3)27-14-20-10-21(15-27)12-22(11-20)16-27/h8-9,13,20-22H,5-6,10-12,14-17H2,1-3H3,(H,28,29)/b18-8+. The van der Waals surface area contributed by atoms with Gasteiger partial charge in [-0.3, -0.25) is 0 Å². The molecule has 33 heavy (non-hydrogen) atoms. The fraction of sp³-hybridized carbons (Fsp3) is 0.593. The third kappa shape index (κ3) is 5.84. The van der Waals surface area contributed by atoms with E-state index in [0.29, 0.717) is 18.8 Å². The van der Waals surface area contributed by atoms with Gasteiger partial charge in [-0.15, -0.1) is 0 Å². The van der Waals surface area contributed by atoms with Crippen LogP contribution in [0.5, 0.6) is 5.75 Å². The minimum absolute atomic E-state index is 0.0533. The van der Waals surface area contributed by atoms with Crippen molar-refractivity contribution >= 4 is 25.4 Å². The summed E-state index contributed by atoms with van der Waals surface area (Å²) in [6.07, 6.45) is 9.17. The van der Waals surface area contributed by atoms with E-state index in [2.05, 4.69) is 29.8 Å². The van der Waals surface area contributed by atoms with Crippen molar-refractivity contribution in [2.45, 2.75) is 57.8 Å².